The van der Waals surface area contributed by atoms with Crippen LogP contribution in [0.2, 0.25) is 0 Å². The molecule has 4 rings (SSSR count). The molecule has 0 saturated carbocycles. The molecule has 0 saturated heterocycles. The van der Waals surface area contributed by atoms with Gasteiger partial charge in [0.1, 0.15) is 18.4 Å². The molecular formula is C24H25N5O2. The van der Waals surface area contributed by atoms with Crippen LogP contribution in [0.25, 0.3) is 5.69 Å². The minimum absolute atomic E-state index is 0.129. The molecule has 0 aliphatic carbocycles. The molecule has 1 atom stereocenters. The first-order valence-corrected chi connectivity index (χ1v) is 10.1. The van der Waals surface area contributed by atoms with E-state index < -0.39 is 0 Å². The minimum Gasteiger partial charge on any atom is -0.497 e. The van der Waals surface area contributed by atoms with Crippen molar-refractivity contribution in [1.82, 2.24) is 24.6 Å². The molecule has 7 heteroatoms. The highest BCUT2D eigenvalue weighted by Gasteiger charge is 2.21. The molecule has 1 unspecified atom stereocenters. The second kappa shape index (κ2) is 8.87. The molecule has 2 aromatic heterocycles. The molecule has 158 valence electrons. The fourth-order valence-corrected chi connectivity index (χ4v) is 3.81. The second-order valence-electron chi connectivity index (χ2n) is 7.38. The van der Waals surface area contributed by atoms with Crippen molar-refractivity contribution in [3.63, 3.8) is 0 Å². The lowest BCUT2D eigenvalue weighted by atomic mass is 10.1. The average Bonchev–Trinajstić information content (AvgIpc) is 3.41. The highest BCUT2D eigenvalue weighted by molar-refractivity contribution is 5.96. The first kappa shape index (κ1) is 20.4. The summed E-state index contributed by atoms with van der Waals surface area (Å²) in [5, 5.41) is 7.37. The van der Waals surface area contributed by atoms with E-state index >= 15 is 0 Å². The Balaban J connectivity index is 1.63. The summed E-state index contributed by atoms with van der Waals surface area (Å²) < 4.78 is 9.14. The zero-order chi connectivity index (χ0) is 21.8. The van der Waals surface area contributed by atoms with E-state index in [-0.39, 0.29) is 11.9 Å². The monoisotopic (exact) mass is 415 g/mol. The lowest BCUT2D eigenvalue weighted by Gasteiger charge is -2.19. The smallest absolute Gasteiger partial charge is 0.253 e. The van der Waals surface area contributed by atoms with Gasteiger partial charge in [0, 0.05) is 23.1 Å². The maximum atomic E-state index is 13.3. The lowest BCUT2D eigenvalue weighted by molar-refractivity contribution is 0.0931. The van der Waals surface area contributed by atoms with Gasteiger partial charge in [-0.2, -0.15) is 5.10 Å². The number of carbonyl (C=O) groups is 1. The molecule has 0 spiro atoms. The molecular weight excluding hydrogens is 390 g/mol. The molecule has 1 amide bonds. The third-order valence-corrected chi connectivity index (χ3v) is 5.33. The summed E-state index contributed by atoms with van der Waals surface area (Å²) in [4.78, 5) is 17.3. The predicted molar refractivity (Wildman–Crippen MR) is 118 cm³/mol. The van der Waals surface area contributed by atoms with Crippen LogP contribution in [-0.4, -0.2) is 32.3 Å². The molecule has 2 heterocycles. The van der Waals surface area contributed by atoms with Gasteiger partial charge in [-0.1, -0.05) is 36.4 Å². The number of aryl methyl sites for hydroxylation is 1. The Bertz CT molecular complexity index is 1170. The maximum absolute atomic E-state index is 13.3. The van der Waals surface area contributed by atoms with Crippen LogP contribution in [0.1, 0.15) is 33.4 Å². The van der Waals surface area contributed by atoms with Crippen molar-refractivity contribution in [2.75, 3.05) is 7.11 Å². The summed E-state index contributed by atoms with van der Waals surface area (Å²) in [5.74, 6) is 0.643. The summed E-state index contributed by atoms with van der Waals surface area (Å²) in [5.41, 5.74) is 4.45. The SMILES string of the molecule is COc1cccc(-n2c(C)cc(C(=O)NC(Cn3cncn3)c3ccccc3)c2C)c1. The second-order valence-corrected chi connectivity index (χ2v) is 7.38. The van der Waals surface area contributed by atoms with Crippen LogP contribution in [0, 0.1) is 13.8 Å². The van der Waals surface area contributed by atoms with Gasteiger partial charge >= 0.3 is 0 Å². The van der Waals surface area contributed by atoms with Gasteiger partial charge in [0.25, 0.3) is 5.91 Å². The van der Waals surface area contributed by atoms with Crippen molar-refractivity contribution in [2.24, 2.45) is 0 Å². The van der Waals surface area contributed by atoms with Crippen molar-refractivity contribution >= 4 is 5.91 Å². The highest BCUT2D eigenvalue weighted by Crippen LogP contribution is 2.24. The molecule has 1 N–H and O–H groups in total. The number of ether oxygens (including phenoxy) is 1. The molecule has 7 nitrogen and oxygen atoms in total. The molecule has 31 heavy (non-hydrogen) atoms. The minimum atomic E-state index is -0.240. The normalized spacial score (nSPS) is 11.8. The molecule has 0 bridgehead atoms. The third-order valence-electron chi connectivity index (χ3n) is 5.33. The average molecular weight is 415 g/mol. The Morgan fingerprint density at radius 1 is 1.10 bits per heavy atom. The molecule has 0 aliphatic rings. The number of aromatic nitrogens is 4. The number of amides is 1. The van der Waals surface area contributed by atoms with Gasteiger partial charge in [0.05, 0.1) is 25.3 Å². The largest absolute Gasteiger partial charge is 0.497 e. The first-order valence-electron chi connectivity index (χ1n) is 10.1. The van der Waals surface area contributed by atoms with Gasteiger partial charge in [0.2, 0.25) is 0 Å². The number of nitrogens with zero attached hydrogens (tertiary/aromatic N) is 4. The van der Waals surface area contributed by atoms with Gasteiger partial charge < -0.3 is 14.6 Å². The van der Waals surface area contributed by atoms with E-state index in [1.54, 1.807) is 18.1 Å². The molecule has 4 aromatic rings. The summed E-state index contributed by atoms with van der Waals surface area (Å²) in [7, 11) is 1.65. The van der Waals surface area contributed by atoms with Crippen LogP contribution in [0.4, 0.5) is 0 Å². The molecule has 2 aromatic carbocycles. The van der Waals surface area contributed by atoms with Crippen LogP contribution < -0.4 is 10.1 Å². The van der Waals surface area contributed by atoms with E-state index in [4.69, 9.17) is 4.74 Å². The number of hydrogen-bond donors (Lipinski definition) is 1. The quantitative estimate of drug-likeness (QED) is 0.497. The van der Waals surface area contributed by atoms with E-state index in [0.29, 0.717) is 12.1 Å². The summed E-state index contributed by atoms with van der Waals surface area (Å²) in [6.07, 6.45) is 3.14. The van der Waals surface area contributed by atoms with Gasteiger partial charge in [-0.3, -0.25) is 9.48 Å². The van der Waals surface area contributed by atoms with Crippen LogP contribution in [0.5, 0.6) is 5.75 Å². The Morgan fingerprint density at radius 3 is 2.61 bits per heavy atom. The lowest BCUT2D eigenvalue weighted by Crippen LogP contribution is -2.32. The number of rotatable bonds is 7. The number of benzene rings is 2. The van der Waals surface area contributed by atoms with Crippen molar-refractivity contribution in [3.8, 4) is 11.4 Å². The van der Waals surface area contributed by atoms with Crippen LogP contribution in [0.3, 0.4) is 0 Å². The van der Waals surface area contributed by atoms with Crippen molar-refractivity contribution < 1.29 is 9.53 Å². The Labute approximate surface area is 181 Å². The Morgan fingerprint density at radius 2 is 1.90 bits per heavy atom. The van der Waals surface area contributed by atoms with Crippen molar-refractivity contribution in [1.29, 1.82) is 0 Å². The zero-order valence-electron chi connectivity index (χ0n) is 17.8. The van der Waals surface area contributed by atoms with Gasteiger partial charge in [-0.15, -0.1) is 0 Å². The van der Waals surface area contributed by atoms with Crippen LogP contribution in [0.15, 0.2) is 73.3 Å². The first-order chi connectivity index (χ1) is 15.1. The third kappa shape index (κ3) is 4.35. The topological polar surface area (TPSA) is 74.0 Å². The van der Waals surface area contributed by atoms with Gasteiger partial charge in [-0.25, -0.2) is 4.98 Å². The Kier molecular flexibility index (Phi) is 5.84. The fourth-order valence-electron chi connectivity index (χ4n) is 3.81. The number of nitrogens with one attached hydrogen (secondary N) is 1. The van der Waals surface area contributed by atoms with E-state index in [1.165, 1.54) is 6.33 Å². The van der Waals surface area contributed by atoms with Gasteiger partial charge in [-0.05, 0) is 37.6 Å². The standard InChI is InChI=1S/C24H25N5O2/c1-17-12-22(18(2)29(17)20-10-7-11-21(13-20)31-3)24(30)27-23(14-28-16-25-15-26-28)19-8-5-4-6-9-19/h4-13,15-16,23H,14H2,1-3H3,(H,27,30). The number of hydrogen-bond acceptors (Lipinski definition) is 4. The van der Waals surface area contributed by atoms with E-state index in [2.05, 4.69) is 20.0 Å². The van der Waals surface area contributed by atoms with Crippen molar-refractivity contribution in [2.45, 2.75) is 26.4 Å². The van der Waals surface area contributed by atoms with E-state index in [1.807, 2.05) is 74.5 Å². The van der Waals surface area contributed by atoms with Crippen molar-refractivity contribution in [3.05, 3.63) is 95.8 Å². The highest BCUT2D eigenvalue weighted by atomic mass is 16.5. The summed E-state index contributed by atoms with van der Waals surface area (Å²) in [6.45, 7) is 4.44. The summed E-state index contributed by atoms with van der Waals surface area (Å²) in [6, 6.07) is 19.4. The number of methoxy groups -OCH3 is 1. The van der Waals surface area contributed by atoms with Crippen LogP contribution >= 0.6 is 0 Å². The fraction of sp³-hybridized carbons (Fsp3) is 0.208. The molecule has 0 fully saturated rings. The van der Waals surface area contributed by atoms with Crippen LogP contribution in [-0.2, 0) is 6.54 Å². The predicted octanol–water partition coefficient (Wildman–Crippen LogP) is 3.87. The van der Waals surface area contributed by atoms with E-state index in [0.717, 1.165) is 28.4 Å². The maximum Gasteiger partial charge on any atom is 0.253 e. The summed E-state index contributed by atoms with van der Waals surface area (Å²) >= 11 is 0. The van der Waals surface area contributed by atoms with E-state index in [9.17, 15) is 4.79 Å². The van der Waals surface area contributed by atoms with Gasteiger partial charge in [0.15, 0.2) is 0 Å². The molecule has 0 aliphatic heterocycles. The number of carbonyl (C=O) groups excluding carboxylic acids is 1. The Hall–Kier alpha value is -3.87. The molecule has 0 radical (unpaired) electrons. The zero-order valence-corrected chi connectivity index (χ0v) is 17.8.